The van der Waals surface area contributed by atoms with Crippen LogP contribution < -0.4 is 16.0 Å². The lowest BCUT2D eigenvalue weighted by Gasteiger charge is -2.29. The van der Waals surface area contributed by atoms with Gasteiger partial charge in [-0.2, -0.15) is 0 Å². The fraction of sp³-hybridized carbons (Fsp3) is 0.214. The Hall–Kier alpha value is -4.86. The molecule has 0 bridgehead atoms. The van der Waals surface area contributed by atoms with E-state index in [-0.39, 0.29) is 28.4 Å². The van der Waals surface area contributed by atoms with E-state index in [1.165, 1.54) is 26.1 Å². The molecule has 1 atom stereocenters. The molecule has 0 saturated carbocycles. The maximum absolute atomic E-state index is 13.9. The molecule has 2 heterocycles. The predicted molar refractivity (Wildman–Crippen MR) is 140 cm³/mol. The van der Waals surface area contributed by atoms with Crippen LogP contribution >= 0.6 is 0 Å². The summed E-state index contributed by atoms with van der Waals surface area (Å²) in [7, 11) is 4.07. The summed E-state index contributed by atoms with van der Waals surface area (Å²) in [6.07, 6.45) is 7.74. The van der Waals surface area contributed by atoms with Crippen LogP contribution in [0.5, 0.6) is 5.88 Å². The number of allylic oxidation sites excluding steroid dienone is 2. The van der Waals surface area contributed by atoms with Gasteiger partial charge in [0.2, 0.25) is 11.6 Å². The van der Waals surface area contributed by atoms with Gasteiger partial charge < -0.3 is 4.74 Å². The number of imide groups is 1. The number of benzene rings is 2. The summed E-state index contributed by atoms with van der Waals surface area (Å²) in [6.45, 7) is 0. The normalized spacial score (nSPS) is 15.7. The second-order valence-corrected chi connectivity index (χ2v) is 8.94. The zero-order valence-electron chi connectivity index (χ0n) is 21.1. The van der Waals surface area contributed by atoms with Gasteiger partial charge in [0.1, 0.15) is 0 Å². The van der Waals surface area contributed by atoms with Crippen molar-refractivity contribution in [2.45, 2.75) is 18.9 Å². The highest BCUT2D eigenvalue weighted by Gasteiger charge is 2.43. The molecule has 2 aromatic carbocycles. The Kier molecular flexibility index (Phi) is 6.46. The Balaban J connectivity index is 1.61. The third kappa shape index (κ3) is 4.00. The first-order chi connectivity index (χ1) is 18.3. The highest BCUT2D eigenvalue weighted by Crippen LogP contribution is 2.40. The Morgan fingerprint density at radius 1 is 0.868 bits per heavy atom. The van der Waals surface area contributed by atoms with E-state index in [1.807, 2.05) is 48.6 Å². The topological polar surface area (TPSA) is 115 Å². The van der Waals surface area contributed by atoms with E-state index in [9.17, 15) is 19.2 Å². The van der Waals surface area contributed by atoms with Crippen LogP contribution in [0.25, 0.3) is 0 Å². The smallest absolute Gasteiger partial charge is 0.333 e. The van der Waals surface area contributed by atoms with E-state index >= 15 is 0 Å². The lowest BCUT2D eigenvalue weighted by Crippen LogP contribution is -2.37. The van der Waals surface area contributed by atoms with Crippen LogP contribution in [-0.2, 0) is 14.1 Å². The number of azo groups is 1. The molecule has 0 fully saturated rings. The van der Waals surface area contributed by atoms with Gasteiger partial charge >= 0.3 is 5.69 Å². The van der Waals surface area contributed by atoms with E-state index in [1.54, 1.807) is 18.2 Å². The summed E-state index contributed by atoms with van der Waals surface area (Å²) < 4.78 is 7.25. The van der Waals surface area contributed by atoms with Gasteiger partial charge in [0.05, 0.1) is 30.0 Å². The van der Waals surface area contributed by atoms with Crippen LogP contribution in [0.2, 0.25) is 0 Å². The SMILES string of the molecule is COc1c(N=Nc2cccc3c2C(=O)N(C(C2=CCCC=C2)c2ccccc2)C3=O)c(=O)n(C)c(=O)n1C. The Morgan fingerprint density at radius 2 is 1.63 bits per heavy atom. The first-order valence-electron chi connectivity index (χ1n) is 12.0. The summed E-state index contributed by atoms with van der Waals surface area (Å²) in [4.78, 5) is 53.7. The van der Waals surface area contributed by atoms with Crippen LogP contribution in [0.3, 0.4) is 0 Å². The van der Waals surface area contributed by atoms with E-state index < -0.39 is 29.1 Å². The second kappa shape index (κ2) is 9.89. The molecule has 10 nitrogen and oxygen atoms in total. The Morgan fingerprint density at radius 3 is 2.32 bits per heavy atom. The van der Waals surface area contributed by atoms with Gasteiger partial charge in [-0.1, -0.05) is 54.6 Å². The lowest BCUT2D eigenvalue weighted by molar-refractivity contribution is 0.0608. The summed E-state index contributed by atoms with van der Waals surface area (Å²) in [5, 5.41) is 8.25. The Bertz CT molecular complexity index is 1660. The van der Waals surface area contributed by atoms with Gasteiger partial charge in [-0.05, 0) is 36.1 Å². The van der Waals surface area contributed by atoms with Gasteiger partial charge in [-0.15, -0.1) is 10.2 Å². The van der Waals surface area contributed by atoms with Crippen LogP contribution in [0.1, 0.15) is 45.2 Å². The van der Waals surface area contributed by atoms with E-state index in [2.05, 4.69) is 10.2 Å². The van der Waals surface area contributed by atoms with Crippen molar-refractivity contribution in [3.63, 3.8) is 0 Å². The maximum atomic E-state index is 13.9. The number of ether oxygens (including phenoxy) is 1. The highest BCUT2D eigenvalue weighted by atomic mass is 16.5. The molecular formula is C28H25N5O5. The maximum Gasteiger partial charge on any atom is 0.333 e. The van der Waals surface area contributed by atoms with Crippen molar-refractivity contribution in [2.75, 3.05) is 7.11 Å². The molecule has 0 spiro atoms. The molecule has 5 rings (SSSR count). The van der Waals surface area contributed by atoms with Crippen molar-refractivity contribution in [1.29, 1.82) is 0 Å². The van der Waals surface area contributed by atoms with Crippen molar-refractivity contribution in [2.24, 2.45) is 24.3 Å². The van der Waals surface area contributed by atoms with Gasteiger partial charge in [-0.3, -0.25) is 28.4 Å². The average Bonchev–Trinajstić information content (AvgIpc) is 3.20. The average molecular weight is 512 g/mol. The molecule has 0 saturated heterocycles. The number of methoxy groups -OCH3 is 1. The molecular weight excluding hydrogens is 486 g/mol. The van der Waals surface area contributed by atoms with Crippen molar-refractivity contribution in [3.8, 4) is 5.88 Å². The third-order valence-corrected chi connectivity index (χ3v) is 6.68. The van der Waals surface area contributed by atoms with Gasteiger partial charge in [-0.25, -0.2) is 4.79 Å². The molecule has 3 aromatic rings. The quantitative estimate of drug-likeness (QED) is 0.365. The van der Waals surface area contributed by atoms with Crippen LogP contribution in [0.15, 0.2) is 92.1 Å². The molecule has 0 N–H and O–H groups in total. The van der Waals surface area contributed by atoms with E-state index in [0.717, 1.165) is 33.1 Å². The molecule has 1 aliphatic carbocycles. The zero-order valence-corrected chi connectivity index (χ0v) is 21.1. The summed E-state index contributed by atoms with van der Waals surface area (Å²) in [5.74, 6) is -1.02. The number of amides is 2. The predicted octanol–water partition coefficient (Wildman–Crippen LogP) is 4.12. The molecule has 1 aliphatic heterocycles. The number of carbonyl (C=O) groups is 2. The van der Waals surface area contributed by atoms with Crippen molar-refractivity contribution in [1.82, 2.24) is 14.0 Å². The van der Waals surface area contributed by atoms with Crippen molar-refractivity contribution < 1.29 is 14.3 Å². The fourth-order valence-electron chi connectivity index (χ4n) is 4.80. The molecule has 1 aromatic heterocycles. The highest BCUT2D eigenvalue weighted by molar-refractivity contribution is 6.23. The standard InChI is InChI=1S/C28H25N5O5/c1-31-26(36)22(27(38-3)32(2)28(31)37)30-29-20-16-10-15-19-21(20)25(35)33(24(19)34)23(17-11-6-4-7-12-17)18-13-8-5-9-14-18/h4,6-8,10-16,23H,5,9H2,1-3H3. The minimum absolute atomic E-state index is 0.0707. The molecule has 2 amide bonds. The fourth-order valence-corrected chi connectivity index (χ4v) is 4.80. The summed E-state index contributed by atoms with van der Waals surface area (Å²) >= 11 is 0. The number of hydrogen-bond donors (Lipinski definition) is 0. The van der Waals surface area contributed by atoms with Crippen molar-refractivity contribution >= 4 is 23.2 Å². The first kappa shape index (κ1) is 24.8. The minimum Gasteiger partial charge on any atom is -0.480 e. The number of carbonyl (C=O) groups excluding carboxylic acids is 2. The van der Waals surface area contributed by atoms with Crippen LogP contribution in [0.4, 0.5) is 11.4 Å². The third-order valence-electron chi connectivity index (χ3n) is 6.68. The minimum atomic E-state index is -0.703. The zero-order chi connectivity index (χ0) is 27.0. The van der Waals surface area contributed by atoms with Gasteiger partial charge in [0.15, 0.2) is 0 Å². The molecule has 192 valence electrons. The summed E-state index contributed by atoms with van der Waals surface area (Å²) in [5.41, 5.74) is 0.604. The number of rotatable bonds is 6. The molecule has 1 unspecified atom stereocenters. The van der Waals surface area contributed by atoms with Gasteiger partial charge in [0.25, 0.3) is 17.4 Å². The number of nitrogens with zero attached hydrogens (tertiary/aromatic N) is 5. The largest absolute Gasteiger partial charge is 0.480 e. The summed E-state index contributed by atoms with van der Waals surface area (Å²) in [6, 6.07) is 13.5. The van der Waals surface area contributed by atoms with Crippen LogP contribution in [-0.4, -0.2) is 33.0 Å². The molecule has 0 radical (unpaired) electrons. The van der Waals surface area contributed by atoms with E-state index in [4.69, 9.17) is 4.74 Å². The van der Waals surface area contributed by atoms with Crippen molar-refractivity contribution in [3.05, 3.63) is 110 Å². The number of fused-ring (bicyclic) bond motifs is 1. The van der Waals surface area contributed by atoms with Crippen LogP contribution in [0, 0.1) is 0 Å². The van der Waals surface area contributed by atoms with E-state index in [0.29, 0.717) is 0 Å². The first-order valence-corrected chi connectivity index (χ1v) is 12.0. The van der Waals surface area contributed by atoms with Gasteiger partial charge in [0, 0.05) is 14.1 Å². The lowest BCUT2D eigenvalue weighted by atomic mass is 9.93. The number of hydrogen-bond acceptors (Lipinski definition) is 7. The monoisotopic (exact) mass is 511 g/mol. The Labute approximate surface area is 217 Å². The molecule has 38 heavy (non-hydrogen) atoms. The number of aromatic nitrogens is 2. The second-order valence-electron chi connectivity index (χ2n) is 8.94. The molecule has 10 heteroatoms. The molecule has 2 aliphatic rings.